The van der Waals surface area contributed by atoms with Gasteiger partial charge >= 0.3 is 6.18 Å². The number of amides is 1. The number of carbonyl (C=O) groups excluding carboxylic acids is 1. The predicted molar refractivity (Wildman–Crippen MR) is 116 cm³/mol. The summed E-state index contributed by atoms with van der Waals surface area (Å²) in [5.74, 6) is -1.57. The summed E-state index contributed by atoms with van der Waals surface area (Å²) in [4.78, 5) is 12.7. The van der Waals surface area contributed by atoms with Gasteiger partial charge in [-0.1, -0.05) is 41.9 Å². The van der Waals surface area contributed by atoms with Crippen molar-refractivity contribution >= 4 is 33.2 Å². The third-order valence-electron chi connectivity index (χ3n) is 4.57. The molecule has 2 N–H and O–H groups in total. The first-order valence-corrected chi connectivity index (χ1v) is 11.3. The number of halogens is 5. The van der Waals surface area contributed by atoms with Crippen LogP contribution >= 0.6 is 11.6 Å². The fourth-order valence-corrected chi connectivity index (χ4v) is 4.28. The lowest BCUT2D eigenvalue weighted by Crippen LogP contribution is -2.45. The highest BCUT2D eigenvalue weighted by atomic mass is 35.5. The van der Waals surface area contributed by atoms with Crippen molar-refractivity contribution in [3.63, 3.8) is 0 Å². The Morgan fingerprint density at radius 2 is 1.61 bits per heavy atom. The zero-order valence-electron chi connectivity index (χ0n) is 16.7. The lowest BCUT2D eigenvalue weighted by atomic mass is 10.1. The molecule has 33 heavy (non-hydrogen) atoms. The van der Waals surface area contributed by atoms with Gasteiger partial charge in [0.1, 0.15) is 11.9 Å². The monoisotopic (exact) mass is 500 g/mol. The molecule has 0 unspecified atom stereocenters. The second-order valence-corrected chi connectivity index (χ2v) is 9.12. The molecule has 0 aliphatic heterocycles. The van der Waals surface area contributed by atoms with E-state index in [-0.39, 0.29) is 22.0 Å². The SMILES string of the molecule is O=C(Nc1cc(C(F)(F)F)ccc1Cl)[C@@H](Cc1ccccc1)NS(=O)(=O)c1ccc(F)cc1. The van der Waals surface area contributed by atoms with E-state index in [1.165, 1.54) is 0 Å². The lowest BCUT2D eigenvalue weighted by molar-refractivity contribution is -0.137. The minimum Gasteiger partial charge on any atom is -0.323 e. The molecule has 3 rings (SSSR count). The molecule has 5 nitrogen and oxygen atoms in total. The predicted octanol–water partition coefficient (Wildman–Crippen LogP) is 5.03. The van der Waals surface area contributed by atoms with Crippen LogP contribution in [-0.2, 0) is 27.4 Å². The minimum absolute atomic E-state index is 0.107. The Balaban J connectivity index is 1.91. The first-order chi connectivity index (χ1) is 15.5. The summed E-state index contributed by atoms with van der Waals surface area (Å²) < 4.78 is 80.1. The third-order valence-corrected chi connectivity index (χ3v) is 6.39. The Bertz CT molecular complexity index is 1230. The first kappa shape index (κ1) is 24.7. The van der Waals surface area contributed by atoms with Crippen molar-refractivity contribution < 1.29 is 30.8 Å². The van der Waals surface area contributed by atoms with E-state index in [0.29, 0.717) is 11.6 Å². The summed E-state index contributed by atoms with van der Waals surface area (Å²) in [6.07, 6.45) is -4.78. The second kappa shape index (κ2) is 9.90. The summed E-state index contributed by atoms with van der Waals surface area (Å²) in [5.41, 5.74) is -0.765. The Morgan fingerprint density at radius 3 is 2.21 bits per heavy atom. The molecule has 1 atom stereocenters. The summed E-state index contributed by atoms with van der Waals surface area (Å²) in [6.45, 7) is 0. The normalized spacial score (nSPS) is 12.9. The van der Waals surface area contributed by atoms with E-state index in [0.717, 1.165) is 36.4 Å². The standard InChI is InChI=1S/C22H17ClF4N2O3S/c23-18-11-6-15(22(25,26)27)13-19(18)28-21(30)20(12-14-4-2-1-3-5-14)29-33(31,32)17-9-7-16(24)8-10-17/h1-11,13,20,29H,12H2,(H,28,30)/t20-/m1/s1. The number of nitrogens with one attached hydrogen (secondary N) is 2. The van der Waals surface area contributed by atoms with E-state index in [2.05, 4.69) is 10.0 Å². The van der Waals surface area contributed by atoms with Crippen LogP contribution in [0.1, 0.15) is 11.1 Å². The Morgan fingerprint density at radius 1 is 0.970 bits per heavy atom. The maximum absolute atomic E-state index is 13.2. The fraction of sp³-hybridized carbons (Fsp3) is 0.136. The largest absolute Gasteiger partial charge is 0.416 e. The quantitative estimate of drug-likeness (QED) is 0.447. The van der Waals surface area contributed by atoms with Crippen LogP contribution in [0.3, 0.4) is 0 Å². The molecule has 0 saturated carbocycles. The highest BCUT2D eigenvalue weighted by Gasteiger charge is 2.32. The van der Waals surface area contributed by atoms with Crippen LogP contribution in [-0.4, -0.2) is 20.4 Å². The maximum atomic E-state index is 13.2. The summed E-state index contributed by atoms with van der Waals surface area (Å²) in [5, 5.41) is 2.11. The number of alkyl halides is 3. The van der Waals surface area contributed by atoms with Crippen molar-refractivity contribution in [3.05, 3.63) is 94.8 Å². The minimum atomic E-state index is -4.67. The van der Waals surface area contributed by atoms with Crippen molar-refractivity contribution in [2.75, 3.05) is 5.32 Å². The van der Waals surface area contributed by atoms with Crippen LogP contribution < -0.4 is 10.0 Å². The van der Waals surface area contributed by atoms with E-state index in [1.54, 1.807) is 30.3 Å². The molecular formula is C22H17ClF4N2O3S. The van der Waals surface area contributed by atoms with Crippen molar-refractivity contribution in [1.29, 1.82) is 0 Å². The molecule has 0 radical (unpaired) electrons. The van der Waals surface area contributed by atoms with Crippen LogP contribution in [0.4, 0.5) is 23.2 Å². The molecular weight excluding hydrogens is 484 g/mol. The van der Waals surface area contributed by atoms with Crippen molar-refractivity contribution in [2.45, 2.75) is 23.5 Å². The molecule has 0 spiro atoms. The molecule has 0 aromatic heterocycles. The number of anilines is 1. The van der Waals surface area contributed by atoms with Crippen LogP contribution in [0.15, 0.2) is 77.7 Å². The number of rotatable bonds is 7. The number of benzene rings is 3. The summed E-state index contributed by atoms with van der Waals surface area (Å²) in [6, 6.07) is 13.3. The van der Waals surface area contributed by atoms with Crippen LogP contribution in [0.5, 0.6) is 0 Å². The molecule has 3 aromatic carbocycles. The molecule has 0 aliphatic rings. The highest BCUT2D eigenvalue weighted by molar-refractivity contribution is 7.89. The van der Waals surface area contributed by atoms with Crippen molar-refractivity contribution in [2.24, 2.45) is 0 Å². The van der Waals surface area contributed by atoms with Crippen molar-refractivity contribution in [1.82, 2.24) is 4.72 Å². The molecule has 0 fully saturated rings. The van der Waals surface area contributed by atoms with Gasteiger partial charge in [0.05, 0.1) is 21.2 Å². The summed E-state index contributed by atoms with van der Waals surface area (Å²) in [7, 11) is -4.27. The molecule has 3 aromatic rings. The molecule has 0 bridgehead atoms. The van der Waals surface area contributed by atoms with Gasteiger partial charge in [0.15, 0.2) is 0 Å². The van der Waals surface area contributed by atoms with E-state index in [9.17, 15) is 30.8 Å². The first-order valence-electron chi connectivity index (χ1n) is 9.45. The number of hydrogen-bond donors (Lipinski definition) is 2. The van der Waals surface area contributed by atoms with E-state index in [4.69, 9.17) is 11.6 Å². The van der Waals surface area contributed by atoms with Crippen LogP contribution in [0, 0.1) is 5.82 Å². The third kappa shape index (κ3) is 6.53. The van der Waals surface area contributed by atoms with Crippen LogP contribution in [0.2, 0.25) is 5.02 Å². The van der Waals surface area contributed by atoms with Crippen LogP contribution in [0.25, 0.3) is 0 Å². The zero-order valence-corrected chi connectivity index (χ0v) is 18.3. The maximum Gasteiger partial charge on any atom is 0.416 e. The van der Waals surface area contributed by atoms with Crippen molar-refractivity contribution in [3.8, 4) is 0 Å². The average Bonchev–Trinajstić information content (AvgIpc) is 2.75. The molecule has 0 saturated heterocycles. The van der Waals surface area contributed by atoms with E-state index < -0.39 is 39.5 Å². The van der Waals surface area contributed by atoms with Gasteiger partial charge in [0.25, 0.3) is 0 Å². The highest BCUT2D eigenvalue weighted by Crippen LogP contribution is 2.34. The summed E-state index contributed by atoms with van der Waals surface area (Å²) >= 11 is 5.94. The smallest absolute Gasteiger partial charge is 0.323 e. The Hall–Kier alpha value is -2.95. The Labute approximate surface area is 192 Å². The average molecular weight is 501 g/mol. The fourth-order valence-electron chi connectivity index (χ4n) is 2.92. The van der Waals surface area contributed by atoms with Gasteiger partial charge < -0.3 is 5.32 Å². The van der Waals surface area contributed by atoms with Gasteiger partial charge in [-0.05, 0) is 54.4 Å². The molecule has 0 heterocycles. The second-order valence-electron chi connectivity index (χ2n) is 7.00. The molecule has 174 valence electrons. The van der Waals surface area contributed by atoms with Gasteiger partial charge in [-0.3, -0.25) is 4.79 Å². The lowest BCUT2D eigenvalue weighted by Gasteiger charge is -2.20. The number of sulfonamides is 1. The van der Waals surface area contributed by atoms with Gasteiger partial charge in [-0.2, -0.15) is 17.9 Å². The number of carbonyl (C=O) groups is 1. The Kier molecular flexibility index (Phi) is 7.41. The number of hydrogen-bond acceptors (Lipinski definition) is 3. The molecule has 1 amide bonds. The van der Waals surface area contributed by atoms with Gasteiger partial charge in [-0.15, -0.1) is 0 Å². The zero-order chi connectivity index (χ0) is 24.2. The van der Waals surface area contributed by atoms with Gasteiger partial charge in [0, 0.05) is 0 Å². The molecule has 0 aliphatic carbocycles. The molecule has 11 heteroatoms. The van der Waals surface area contributed by atoms with E-state index >= 15 is 0 Å². The van der Waals surface area contributed by atoms with Gasteiger partial charge in [-0.25, -0.2) is 12.8 Å². The van der Waals surface area contributed by atoms with Gasteiger partial charge in [0.2, 0.25) is 15.9 Å². The van der Waals surface area contributed by atoms with E-state index in [1.807, 2.05) is 0 Å². The topological polar surface area (TPSA) is 75.3 Å².